The summed E-state index contributed by atoms with van der Waals surface area (Å²) in [6.45, 7) is 4.36. The van der Waals surface area contributed by atoms with Gasteiger partial charge < -0.3 is 11.1 Å². The summed E-state index contributed by atoms with van der Waals surface area (Å²) < 4.78 is -0.814. The van der Waals surface area contributed by atoms with Gasteiger partial charge in [-0.25, -0.2) is 4.99 Å². The van der Waals surface area contributed by atoms with E-state index in [1.165, 1.54) is 0 Å². The number of nitrogens with zero attached hydrogens (tertiary/aromatic N) is 3. The van der Waals surface area contributed by atoms with Crippen LogP contribution in [0, 0.1) is 33.5 Å². The van der Waals surface area contributed by atoms with E-state index >= 15 is 0 Å². The predicted molar refractivity (Wildman–Crippen MR) is 138 cm³/mol. The summed E-state index contributed by atoms with van der Waals surface area (Å²) in [6, 6.07) is 15.0. The summed E-state index contributed by atoms with van der Waals surface area (Å²) in [4.78, 5) is 5.13. The highest BCUT2D eigenvalue weighted by atomic mass is 32.2. The Hall–Kier alpha value is -2.09. The van der Waals surface area contributed by atoms with Gasteiger partial charge in [-0.05, 0) is 54.7 Å². The van der Waals surface area contributed by atoms with Gasteiger partial charge in [0.1, 0.15) is 5.84 Å². The number of nitrogens with one attached hydrogen (secondary N) is 1. The van der Waals surface area contributed by atoms with Gasteiger partial charge in [0.2, 0.25) is 0 Å². The molecule has 3 N–H and O–H groups in total. The number of nitriles is 2. The van der Waals surface area contributed by atoms with Gasteiger partial charge in [0.05, 0.1) is 18.2 Å². The molecule has 0 bridgehead atoms. The Morgan fingerprint density at radius 3 is 2.30 bits per heavy atom. The van der Waals surface area contributed by atoms with E-state index in [-0.39, 0.29) is 0 Å². The predicted octanol–water partition coefficient (Wildman–Crippen LogP) is 5.88. The van der Waals surface area contributed by atoms with Crippen molar-refractivity contribution in [2.45, 2.75) is 69.0 Å². The SMILES string of the molecule is CCCCSC1(SCCCC)N=C(N)C2(C#N)C(c3ccccc3)NC3=C(CCC3)C12C#N. The van der Waals surface area contributed by atoms with Gasteiger partial charge in [-0.15, -0.1) is 23.5 Å². The van der Waals surface area contributed by atoms with Crippen LogP contribution < -0.4 is 11.1 Å². The van der Waals surface area contributed by atoms with E-state index in [1.807, 2.05) is 30.3 Å². The molecule has 3 aliphatic rings. The zero-order chi connectivity index (χ0) is 23.5. The van der Waals surface area contributed by atoms with Crippen molar-refractivity contribution in [2.75, 3.05) is 11.5 Å². The molecular weight excluding hydrogens is 446 g/mol. The lowest BCUT2D eigenvalue weighted by molar-refractivity contribution is 0.200. The number of unbranched alkanes of at least 4 members (excludes halogenated alkanes) is 2. The molecule has 1 aromatic carbocycles. The third-order valence-corrected chi connectivity index (χ3v) is 10.5. The Kier molecular flexibility index (Phi) is 7.03. The van der Waals surface area contributed by atoms with Gasteiger partial charge in [0, 0.05) is 5.70 Å². The molecule has 0 aromatic heterocycles. The summed E-state index contributed by atoms with van der Waals surface area (Å²) in [5, 5.41) is 25.7. The van der Waals surface area contributed by atoms with Crippen LogP contribution in [-0.4, -0.2) is 21.5 Å². The first-order valence-electron chi connectivity index (χ1n) is 12.1. The van der Waals surface area contributed by atoms with Crippen molar-refractivity contribution in [3.8, 4) is 12.1 Å². The van der Waals surface area contributed by atoms with Crippen molar-refractivity contribution < 1.29 is 0 Å². The Morgan fingerprint density at radius 1 is 1.06 bits per heavy atom. The second-order valence-corrected chi connectivity index (χ2v) is 11.9. The molecule has 3 unspecified atom stereocenters. The molecule has 1 aliphatic carbocycles. The van der Waals surface area contributed by atoms with Crippen molar-refractivity contribution in [3.63, 3.8) is 0 Å². The number of benzene rings is 1. The minimum atomic E-state index is -1.26. The number of aliphatic imine (C=N–C) groups is 1. The van der Waals surface area contributed by atoms with E-state index in [4.69, 9.17) is 10.7 Å². The zero-order valence-electron chi connectivity index (χ0n) is 19.6. The van der Waals surface area contributed by atoms with Gasteiger partial charge in [0.15, 0.2) is 15.0 Å². The highest BCUT2D eigenvalue weighted by molar-refractivity contribution is 8.18. The molecule has 2 heterocycles. The normalized spacial score (nSPS) is 29.5. The van der Waals surface area contributed by atoms with Crippen LogP contribution in [0.2, 0.25) is 0 Å². The van der Waals surface area contributed by atoms with Crippen LogP contribution in [0.15, 0.2) is 46.6 Å². The molecule has 0 saturated carbocycles. The molecular formula is C26H33N5S2. The largest absolute Gasteiger partial charge is 0.386 e. The van der Waals surface area contributed by atoms with E-state index < -0.39 is 21.1 Å². The standard InChI is InChI=1S/C26H33N5S2/c1-3-5-15-32-26(33-16-6-4-2)25(18-28)20-13-10-14-21(20)30-22(19-11-8-7-9-12-19)24(25,17-27)23(29)31-26/h7-9,11-12,22,30H,3-6,10,13-16H2,1-2H3,(H2,29,31). The number of allylic oxidation sites excluding steroid dienone is 1. The molecule has 2 aliphatic heterocycles. The quantitative estimate of drug-likeness (QED) is 0.339. The summed E-state index contributed by atoms with van der Waals surface area (Å²) >= 11 is 3.48. The van der Waals surface area contributed by atoms with Crippen LogP contribution in [0.5, 0.6) is 0 Å². The van der Waals surface area contributed by atoms with Gasteiger partial charge in [-0.3, -0.25) is 0 Å². The number of hydrogen-bond acceptors (Lipinski definition) is 7. The van der Waals surface area contributed by atoms with Gasteiger partial charge in [0.25, 0.3) is 0 Å². The fourth-order valence-electron chi connectivity index (χ4n) is 5.61. The van der Waals surface area contributed by atoms with Crippen LogP contribution >= 0.6 is 23.5 Å². The Bertz CT molecular complexity index is 1010. The fourth-order valence-corrected chi connectivity index (χ4v) is 9.28. The average molecular weight is 480 g/mol. The average Bonchev–Trinajstić information content (AvgIpc) is 3.39. The Balaban J connectivity index is 1.97. The molecule has 3 atom stereocenters. The van der Waals surface area contributed by atoms with E-state index in [1.54, 1.807) is 23.5 Å². The zero-order valence-corrected chi connectivity index (χ0v) is 21.2. The van der Waals surface area contributed by atoms with Crippen LogP contribution in [0.4, 0.5) is 0 Å². The molecule has 7 heteroatoms. The minimum Gasteiger partial charge on any atom is -0.386 e. The maximum atomic E-state index is 11.1. The molecule has 0 fully saturated rings. The lowest BCUT2D eigenvalue weighted by Crippen LogP contribution is -2.61. The summed E-state index contributed by atoms with van der Waals surface area (Å²) in [5.41, 5.74) is 7.58. The minimum absolute atomic E-state index is 0.305. The van der Waals surface area contributed by atoms with E-state index in [9.17, 15) is 10.5 Å². The van der Waals surface area contributed by atoms with E-state index in [0.717, 1.165) is 73.3 Å². The maximum Gasteiger partial charge on any atom is 0.178 e. The third kappa shape index (κ3) is 3.39. The molecule has 4 rings (SSSR count). The first kappa shape index (κ1) is 24.0. The van der Waals surface area contributed by atoms with Crippen LogP contribution in [0.3, 0.4) is 0 Å². The third-order valence-electron chi connectivity index (χ3n) is 7.23. The number of fused-ring (bicyclic) bond motifs is 2. The number of nitrogens with two attached hydrogens (primary N) is 1. The summed E-state index contributed by atoms with van der Waals surface area (Å²) in [7, 11) is 0. The highest BCUT2D eigenvalue weighted by Crippen LogP contribution is 2.72. The van der Waals surface area contributed by atoms with Crippen LogP contribution in [-0.2, 0) is 0 Å². The highest BCUT2D eigenvalue weighted by Gasteiger charge is 2.77. The van der Waals surface area contributed by atoms with Crippen LogP contribution in [0.25, 0.3) is 0 Å². The second kappa shape index (κ2) is 9.65. The molecule has 174 valence electrons. The van der Waals surface area contributed by atoms with Gasteiger partial charge in [-0.1, -0.05) is 57.0 Å². The van der Waals surface area contributed by atoms with Crippen molar-refractivity contribution in [1.29, 1.82) is 10.5 Å². The van der Waals surface area contributed by atoms with Crippen LogP contribution in [0.1, 0.15) is 70.4 Å². The first-order chi connectivity index (χ1) is 16.1. The molecule has 33 heavy (non-hydrogen) atoms. The Morgan fingerprint density at radius 2 is 1.73 bits per heavy atom. The second-order valence-electron chi connectivity index (χ2n) is 9.06. The van der Waals surface area contributed by atoms with Gasteiger partial charge in [-0.2, -0.15) is 10.5 Å². The van der Waals surface area contributed by atoms with Crippen molar-refractivity contribution in [2.24, 2.45) is 21.6 Å². The van der Waals surface area contributed by atoms with Crippen molar-refractivity contribution in [1.82, 2.24) is 5.32 Å². The number of thioether (sulfide) groups is 2. The molecule has 0 saturated heterocycles. The van der Waals surface area contributed by atoms with Gasteiger partial charge >= 0.3 is 0 Å². The maximum absolute atomic E-state index is 11.1. The Labute approximate surface area is 206 Å². The summed E-state index contributed by atoms with van der Waals surface area (Å²) in [5.74, 6) is 2.09. The lowest BCUT2D eigenvalue weighted by atomic mass is 9.55. The van der Waals surface area contributed by atoms with E-state index in [0.29, 0.717) is 5.84 Å². The lowest BCUT2D eigenvalue weighted by Gasteiger charge is -2.52. The molecule has 0 radical (unpaired) electrons. The number of hydrogen-bond donors (Lipinski definition) is 2. The molecule has 1 aromatic rings. The smallest absolute Gasteiger partial charge is 0.178 e. The van der Waals surface area contributed by atoms with E-state index in [2.05, 4.69) is 31.3 Å². The number of rotatable bonds is 9. The monoisotopic (exact) mass is 479 g/mol. The first-order valence-corrected chi connectivity index (χ1v) is 14.0. The molecule has 0 spiro atoms. The fraction of sp³-hybridized carbons (Fsp3) is 0.577. The molecule has 5 nitrogen and oxygen atoms in total. The topological polar surface area (TPSA) is 98.0 Å². The van der Waals surface area contributed by atoms with Crippen molar-refractivity contribution in [3.05, 3.63) is 47.2 Å². The number of amidine groups is 1. The molecule has 0 amide bonds. The summed E-state index contributed by atoms with van der Waals surface area (Å²) in [6.07, 6.45) is 6.94. The van der Waals surface area contributed by atoms with Crippen molar-refractivity contribution >= 4 is 29.4 Å².